The summed E-state index contributed by atoms with van der Waals surface area (Å²) in [6, 6.07) is 10.5. The van der Waals surface area contributed by atoms with Crippen LogP contribution in [-0.2, 0) is 0 Å². The zero-order valence-electron chi connectivity index (χ0n) is 11.1. The Kier molecular flexibility index (Phi) is 3.98. The molecule has 2 heterocycles. The Labute approximate surface area is 131 Å². The first-order valence-corrected chi connectivity index (χ1v) is 8.28. The van der Waals surface area contributed by atoms with Gasteiger partial charge in [-0.1, -0.05) is 17.7 Å². The zero-order valence-corrected chi connectivity index (χ0v) is 13.5. The van der Waals surface area contributed by atoms with Gasteiger partial charge in [-0.05, 0) is 42.3 Å². The van der Waals surface area contributed by atoms with Crippen LogP contribution in [0.4, 0.5) is 0 Å². The first kappa shape index (κ1) is 13.9. The highest BCUT2D eigenvalue weighted by Crippen LogP contribution is 2.37. The molecule has 0 spiro atoms. The van der Waals surface area contributed by atoms with E-state index in [1.165, 1.54) is 14.3 Å². The fourth-order valence-electron chi connectivity index (χ4n) is 2.26. The van der Waals surface area contributed by atoms with Crippen molar-refractivity contribution in [3.05, 3.63) is 51.2 Å². The summed E-state index contributed by atoms with van der Waals surface area (Å²) in [5, 5.41) is 6.14. The first-order chi connectivity index (χ1) is 9.72. The van der Waals surface area contributed by atoms with Crippen LogP contribution in [0.5, 0.6) is 5.75 Å². The average molecular weight is 324 g/mol. The minimum absolute atomic E-state index is 0.158. The first-order valence-electron chi connectivity index (χ1n) is 6.20. The molecule has 0 saturated carbocycles. The van der Waals surface area contributed by atoms with Crippen LogP contribution in [-0.4, -0.2) is 14.2 Å². The maximum absolute atomic E-state index is 6.10. The number of benzene rings is 1. The summed E-state index contributed by atoms with van der Waals surface area (Å²) < 4.78 is 7.98. The predicted molar refractivity (Wildman–Crippen MR) is 88.6 cm³/mol. The van der Waals surface area contributed by atoms with E-state index in [9.17, 15) is 0 Å². The summed E-state index contributed by atoms with van der Waals surface area (Å²) in [5.74, 6) is 0.711. The number of fused-ring (bicyclic) bond motifs is 1. The Morgan fingerprint density at radius 2 is 2.05 bits per heavy atom. The molecular formula is C15H14ClNOS2. The normalized spacial score (nSPS) is 12.8. The summed E-state index contributed by atoms with van der Waals surface area (Å²) in [6.45, 7) is 0. The van der Waals surface area contributed by atoms with Crippen molar-refractivity contribution in [3.8, 4) is 5.75 Å². The lowest BCUT2D eigenvalue weighted by atomic mass is 10.1. The van der Waals surface area contributed by atoms with Gasteiger partial charge < -0.3 is 10.1 Å². The van der Waals surface area contributed by atoms with Gasteiger partial charge in [-0.15, -0.1) is 22.7 Å². The van der Waals surface area contributed by atoms with E-state index in [4.69, 9.17) is 16.3 Å². The van der Waals surface area contributed by atoms with E-state index < -0.39 is 0 Å². The lowest BCUT2D eigenvalue weighted by Gasteiger charge is -2.16. The molecule has 0 fully saturated rings. The third kappa shape index (κ3) is 2.44. The second-order valence-corrected chi connectivity index (χ2v) is 6.88. The molecule has 104 valence electrons. The van der Waals surface area contributed by atoms with Crippen molar-refractivity contribution in [2.75, 3.05) is 14.2 Å². The van der Waals surface area contributed by atoms with Gasteiger partial charge in [-0.3, -0.25) is 0 Å². The molecular weight excluding hydrogens is 310 g/mol. The fourth-order valence-corrected chi connectivity index (χ4v) is 4.71. The van der Waals surface area contributed by atoms with E-state index in [-0.39, 0.29) is 6.04 Å². The van der Waals surface area contributed by atoms with E-state index in [0.29, 0.717) is 10.8 Å². The highest BCUT2D eigenvalue weighted by molar-refractivity contribution is 7.27. The Bertz CT molecular complexity index is 706. The van der Waals surface area contributed by atoms with E-state index >= 15 is 0 Å². The van der Waals surface area contributed by atoms with Crippen molar-refractivity contribution >= 4 is 43.7 Å². The highest BCUT2D eigenvalue weighted by Gasteiger charge is 2.17. The van der Waals surface area contributed by atoms with Crippen LogP contribution in [0.25, 0.3) is 9.40 Å². The minimum atomic E-state index is 0.158. The molecule has 1 aromatic carbocycles. The maximum Gasteiger partial charge on any atom is 0.137 e. The molecule has 3 rings (SSSR count). The smallest absolute Gasteiger partial charge is 0.137 e. The molecule has 0 aliphatic rings. The van der Waals surface area contributed by atoms with Gasteiger partial charge >= 0.3 is 0 Å². The fraction of sp³-hybridized carbons (Fsp3) is 0.200. The second kappa shape index (κ2) is 5.74. The molecule has 0 aliphatic heterocycles. The molecule has 0 aliphatic carbocycles. The number of nitrogens with one attached hydrogen (secondary N) is 1. The third-order valence-electron chi connectivity index (χ3n) is 3.24. The van der Waals surface area contributed by atoms with Gasteiger partial charge in [0.2, 0.25) is 0 Å². The zero-order chi connectivity index (χ0) is 14.1. The number of ether oxygens (including phenoxy) is 1. The van der Waals surface area contributed by atoms with Crippen molar-refractivity contribution in [1.29, 1.82) is 0 Å². The van der Waals surface area contributed by atoms with E-state index in [2.05, 4.69) is 22.8 Å². The Hall–Kier alpha value is -1.07. The number of hydrogen-bond donors (Lipinski definition) is 1. The van der Waals surface area contributed by atoms with Crippen LogP contribution in [0.15, 0.2) is 35.7 Å². The Morgan fingerprint density at radius 3 is 2.75 bits per heavy atom. The van der Waals surface area contributed by atoms with Gasteiger partial charge in [-0.2, -0.15) is 0 Å². The highest BCUT2D eigenvalue weighted by atomic mass is 35.5. The number of hydrogen-bond acceptors (Lipinski definition) is 4. The molecule has 0 amide bonds. The van der Waals surface area contributed by atoms with Crippen LogP contribution in [0, 0.1) is 0 Å². The summed E-state index contributed by atoms with van der Waals surface area (Å²) in [6.07, 6.45) is 0. The summed E-state index contributed by atoms with van der Waals surface area (Å²) in [5.41, 5.74) is 1.16. The molecule has 1 unspecified atom stereocenters. The van der Waals surface area contributed by atoms with Crippen LogP contribution in [0.3, 0.4) is 0 Å². The molecule has 2 aromatic heterocycles. The molecule has 5 heteroatoms. The summed E-state index contributed by atoms with van der Waals surface area (Å²) >= 11 is 9.70. The maximum atomic E-state index is 6.10. The molecule has 2 nitrogen and oxygen atoms in total. The topological polar surface area (TPSA) is 21.3 Å². The van der Waals surface area contributed by atoms with Crippen molar-refractivity contribution < 1.29 is 4.74 Å². The second-order valence-electron chi connectivity index (χ2n) is 4.41. The number of methoxy groups -OCH3 is 1. The largest absolute Gasteiger partial charge is 0.495 e. The van der Waals surface area contributed by atoms with Gasteiger partial charge in [0.05, 0.1) is 18.2 Å². The van der Waals surface area contributed by atoms with Crippen LogP contribution < -0.4 is 10.1 Å². The van der Waals surface area contributed by atoms with Crippen LogP contribution in [0.2, 0.25) is 5.02 Å². The van der Waals surface area contributed by atoms with Crippen LogP contribution >= 0.6 is 34.3 Å². The molecule has 20 heavy (non-hydrogen) atoms. The lowest BCUT2D eigenvalue weighted by Crippen LogP contribution is -2.16. The molecule has 3 aromatic rings. The number of thiophene rings is 2. The standard InChI is InChI=1S/C15H14ClNOS2/c1-17-15(9-3-4-10(16)11(7-9)18-2)14-8-13-12(20-14)5-6-19-13/h3-8,15,17H,1-2H3. The van der Waals surface area contributed by atoms with Crippen molar-refractivity contribution in [2.45, 2.75) is 6.04 Å². The predicted octanol–water partition coefficient (Wildman–Crippen LogP) is 4.93. The molecule has 0 saturated heterocycles. The molecule has 0 bridgehead atoms. The van der Waals surface area contributed by atoms with E-state index in [0.717, 1.165) is 5.56 Å². The minimum Gasteiger partial charge on any atom is -0.495 e. The number of rotatable bonds is 4. The molecule has 1 N–H and O–H groups in total. The average Bonchev–Trinajstić information content (AvgIpc) is 3.02. The van der Waals surface area contributed by atoms with E-state index in [1.54, 1.807) is 18.4 Å². The summed E-state index contributed by atoms with van der Waals surface area (Å²) in [7, 11) is 3.61. The lowest BCUT2D eigenvalue weighted by molar-refractivity contribution is 0.414. The third-order valence-corrected chi connectivity index (χ3v) is 5.71. The van der Waals surface area contributed by atoms with Gasteiger partial charge in [0.15, 0.2) is 0 Å². The SMILES string of the molecule is CNC(c1ccc(Cl)c(OC)c1)c1cc2sccc2s1. The van der Waals surface area contributed by atoms with E-state index in [1.807, 2.05) is 36.6 Å². The summed E-state index contributed by atoms with van der Waals surface area (Å²) in [4.78, 5) is 1.30. The Morgan fingerprint density at radius 1 is 1.20 bits per heavy atom. The van der Waals surface area contributed by atoms with Gasteiger partial charge in [0.25, 0.3) is 0 Å². The van der Waals surface area contributed by atoms with Gasteiger partial charge in [0.1, 0.15) is 5.75 Å². The molecule has 0 radical (unpaired) electrons. The quantitative estimate of drug-likeness (QED) is 0.734. The monoisotopic (exact) mass is 323 g/mol. The van der Waals surface area contributed by atoms with Crippen molar-refractivity contribution in [3.63, 3.8) is 0 Å². The van der Waals surface area contributed by atoms with Gasteiger partial charge in [-0.25, -0.2) is 0 Å². The van der Waals surface area contributed by atoms with Crippen molar-refractivity contribution in [1.82, 2.24) is 5.32 Å². The molecule has 1 atom stereocenters. The van der Waals surface area contributed by atoms with Gasteiger partial charge in [0, 0.05) is 14.3 Å². The van der Waals surface area contributed by atoms with Crippen molar-refractivity contribution in [2.24, 2.45) is 0 Å². The Balaban J connectivity index is 2.02. The van der Waals surface area contributed by atoms with Crippen LogP contribution in [0.1, 0.15) is 16.5 Å². The number of halogens is 1.